The van der Waals surface area contributed by atoms with Crippen LogP contribution in [0.5, 0.6) is 0 Å². The Hall–Kier alpha value is -0.400. The van der Waals surface area contributed by atoms with Gasteiger partial charge in [-0.1, -0.05) is 15.9 Å². The van der Waals surface area contributed by atoms with Gasteiger partial charge >= 0.3 is 0 Å². The van der Waals surface area contributed by atoms with E-state index in [-0.39, 0.29) is 11.1 Å². The van der Waals surface area contributed by atoms with Crippen LogP contribution in [0.3, 0.4) is 0 Å². The highest BCUT2D eigenvalue weighted by molar-refractivity contribution is 9.09. The molecule has 7 heteroatoms. The molecule has 0 radical (unpaired) electrons. The summed E-state index contributed by atoms with van der Waals surface area (Å²) in [5, 5.41) is 0.637. The number of aryl methyl sites for hydroxylation is 1. The summed E-state index contributed by atoms with van der Waals surface area (Å²) in [6.45, 7) is 4.41. The van der Waals surface area contributed by atoms with Crippen molar-refractivity contribution in [2.75, 3.05) is 5.33 Å². The molecule has 0 aliphatic heterocycles. The second kappa shape index (κ2) is 5.09. The Labute approximate surface area is 98.1 Å². The van der Waals surface area contributed by atoms with E-state index < -0.39 is 10.0 Å². The van der Waals surface area contributed by atoms with E-state index in [2.05, 4.69) is 25.6 Å². The number of alkyl halides is 1. The van der Waals surface area contributed by atoms with Crippen LogP contribution in [0.15, 0.2) is 17.6 Å². The summed E-state index contributed by atoms with van der Waals surface area (Å²) < 4.78 is 27.7. The SMILES string of the molecule is CCn1cnc(S(=O)(=O)NC(C)CBr)c1. The van der Waals surface area contributed by atoms with Crippen molar-refractivity contribution >= 4 is 26.0 Å². The molecule has 86 valence electrons. The highest BCUT2D eigenvalue weighted by Gasteiger charge is 2.19. The fourth-order valence-electron chi connectivity index (χ4n) is 1.01. The third-order valence-corrected chi connectivity index (χ3v) is 4.28. The highest BCUT2D eigenvalue weighted by Crippen LogP contribution is 2.06. The summed E-state index contributed by atoms with van der Waals surface area (Å²) in [4.78, 5) is 3.84. The number of hydrogen-bond donors (Lipinski definition) is 1. The van der Waals surface area contributed by atoms with Crippen LogP contribution < -0.4 is 4.72 Å². The van der Waals surface area contributed by atoms with Gasteiger partial charge in [-0.15, -0.1) is 0 Å². The zero-order valence-corrected chi connectivity index (χ0v) is 11.0. The summed E-state index contributed by atoms with van der Waals surface area (Å²) in [5.74, 6) is 0. The maximum atomic E-state index is 11.7. The van der Waals surface area contributed by atoms with Gasteiger partial charge in [-0.25, -0.2) is 18.1 Å². The lowest BCUT2D eigenvalue weighted by molar-refractivity contribution is 0.568. The van der Waals surface area contributed by atoms with Gasteiger partial charge in [-0.05, 0) is 13.8 Å². The van der Waals surface area contributed by atoms with E-state index >= 15 is 0 Å². The minimum atomic E-state index is -3.47. The fourth-order valence-corrected chi connectivity index (χ4v) is 2.58. The molecule has 0 aliphatic rings. The second-order valence-electron chi connectivity index (χ2n) is 3.22. The molecule has 0 spiro atoms. The van der Waals surface area contributed by atoms with Crippen molar-refractivity contribution < 1.29 is 8.42 Å². The molecular formula is C8H14BrN3O2S. The van der Waals surface area contributed by atoms with Gasteiger partial charge in [0.15, 0.2) is 5.03 Å². The van der Waals surface area contributed by atoms with Crippen LogP contribution in [-0.2, 0) is 16.6 Å². The normalized spacial score (nSPS) is 14.1. The molecule has 0 fully saturated rings. The second-order valence-corrected chi connectivity index (χ2v) is 5.53. The van der Waals surface area contributed by atoms with Gasteiger partial charge in [0.05, 0.1) is 6.33 Å². The molecule has 0 saturated carbocycles. The number of sulfonamides is 1. The van der Waals surface area contributed by atoms with Crippen LogP contribution in [0, 0.1) is 0 Å². The summed E-state index contributed by atoms with van der Waals surface area (Å²) in [5.41, 5.74) is 0. The molecule has 0 aliphatic carbocycles. The largest absolute Gasteiger partial charge is 0.336 e. The molecule has 1 unspecified atom stereocenters. The molecule has 15 heavy (non-hydrogen) atoms. The van der Waals surface area contributed by atoms with Crippen molar-refractivity contribution in [2.24, 2.45) is 0 Å². The zero-order chi connectivity index (χ0) is 11.5. The molecule has 0 aromatic carbocycles. The molecule has 0 amide bonds. The third-order valence-electron chi connectivity index (χ3n) is 1.84. The molecule has 1 aromatic heterocycles. The molecular weight excluding hydrogens is 282 g/mol. The van der Waals surface area contributed by atoms with Crippen molar-refractivity contribution in [3.63, 3.8) is 0 Å². The first kappa shape index (κ1) is 12.7. The topological polar surface area (TPSA) is 64.0 Å². The quantitative estimate of drug-likeness (QED) is 0.823. The van der Waals surface area contributed by atoms with Crippen molar-refractivity contribution in [3.8, 4) is 0 Å². The Morgan fingerprint density at radius 1 is 1.67 bits per heavy atom. The number of nitrogens with zero attached hydrogens (tertiary/aromatic N) is 2. The zero-order valence-electron chi connectivity index (χ0n) is 8.64. The predicted octanol–water partition coefficient (Wildman–Crippen LogP) is 0.965. The van der Waals surface area contributed by atoms with E-state index in [4.69, 9.17) is 0 Å². The van der Waals surface area contributed by atoms with Gasteiger partial charge in [-0.2, -0.15) is 0 Å². The minimum Gasteiger partial charge on any atom is -0.336 e. The number of halogens is 1. The molecule has 5 nitrogen and oxygen atoms in total. The summed E-state index contributed by atoms with van der Waals surface area (Å²) >= 11 is 3.21. The third kappa shape index (κ3) is 3.29. The van der Waals surface area contributed by atoms with Gasteiger partial charge < -0.3 is 4.57 Å². The number of hydrogen-bond acceptors (Lipinski definition) is 3. The monoisotopic (exact) mass is 295 g/mol. The molecule has 1 heterocycles. The fraction of sp³-hybridized carbons (Fsp3) is 0.625. The Kier molecular flexibility index (Phi) is 4.30. The minimum absolute atomic E-state index is 0.0668. The lowest BCUT2D eigenvalue weighted by Crippen LogP contribution is -2.33. The van der Waals surface area contributed by atoms with Gasteiger partial charge in [0.25, 0.3) is 10.0 Å². The van der Waals surface area contributed by atoms with Crippen LogP contribution in [0.4, 0.5) is 0 Å². The molecule has 1 N–H and O–H groups in total. The van der Waals surface area contributed by atoms with Gasteiger partial charge in [0.1, 0.15) is 0 Å². The van der Waals surface area contributed by atoms with E-state index in [0.717, 1.165) is 0 Å². The Balaban J connectivity index is 2.86. The van der Waals surface area contributed by atoms with Crippen molar-refractivity contribution in [1.29, 1.82) is 0 Å². The van der Waals surface area contributed by atoms with E-state index in [1.54, 1.807) is 11.5 Å². The van der Waals surface area contributed by atoms with Gasteiger partial charge in [-0.3, -0.25) is 0 Å². The maximum absolute atomic E-state index is 11.7. The highest BCUT2D eigenvalue weighted by atomic mass is 79.9. The van der Waals surface area contributed by atoms with Crippen LogP contribution in [-0.4, -0.2) is 29.3 Å². The average Bonchev–Trinajstić information content (AvgIpc) is 2.65. The average molecular weight is 296 g/mol. The first-order valence-corrected chi connectivity index (χ1v) is 7.20. The first-order valence-electron chi connectivity index (χ1n) is 4.59. The van der Waals surface area contributed by atoms with E-state index in [1.165, 1.54) is 12.5 Å². The Morgan fingerprint density at radius 3 is 2.80 bits per heavy atom. The van der Waals surface area contributed by atoms with E-state index in [9.17, 15) is 8.42 Å². The number of aromatic nitrogens is 2. The van der Waals surface area contributed by atoms with Gasteiger partial charge in [0, 0.05) is 24.1 Å². The summed E-state index contributed by atoms with van der Waals surface area (Å²) in [6.07, 6.45) is 3.02. The lowest BCUT2D eigenvalue weighted by Gasteiger charge is -2.08. The van der Waals surface area contributed by atoms with Crippen molar-refractivity contribution in [3.05, 3.63) is 12.5 Å². The molecule has 1 atom stereocenters. The van der Waals surface area contributed by atoms with Crippen LogP contribution in [0.1, 0.15) is 13.8 Å². The first-order chi connectivity index (χ1) is 6.99. The Morgan fingerprint density at radius 2 is 2.33 bits per heavy atom. The number of imidazole rings is 1. The van der Waals surface area contributed by atoms with Crippen molar-refractivity contribution in [2.45, 2.75) is 31.5 Å². The number of nitrogens with one attached hydrogen (secondary N) is 1. The summed E-state index contributed by atoms with van der Waals surface area (Å²) in [7, 11) is -3.47. The van der Waals surface area contributed by atoms with Crippen molar-refractivity contribution in [1.82, 2.24) is 14.3 Å². The molecule has 1 rings (SSSR count). The van der Waals surface area contributed by atoms with E-state index in [1.807, 2.05) is 6.92 Å². The predicted molar refractivity (Wildman–Crippen MR) is 61.5 cm³/mol. The lowest BCUT2D eigenvalue weighted by atomic mass is 10.4. The Bertz CT molecular complexity index is 415. The summed E-state index contributed by atoms with van der Waals surface area (Å²) in [6, 6.07) is -0.151. The maximum Gasteiger partial charge on any atom is 0.259 e. The smallest absolute Gasteiger partial charge is 0.259 e. The molecule has 0 saturated heterocycles. The van der Waals surface area contributed by atoms with Gasteiger partial charge in [0.2, 0.25) is 0 Å². The van der Waals surface area contributed by atoms with Crippen LogP contribution in [0.25, 0.3) is 0 Å². The molecule has 0 bridgehead atoms. The van der Waals surface area contributed by atoms with E-state index in [0.29, 0.717) is 11.9 Å². The van der Waals surface area contributed by atoms with Crippen LogP contribution >= 0.6 is 15.9 Å². The van der Waals surface area contributed by atoms with Crippen LogP contribution in [0.2, 0.25) is 0 Å². The molecule has 1 aromatic rings. The number of rotatable bonds is 5. The standard InChI is InChI=1S/C8H14BrN3O2S/c1-3-12-5-8(10-6-12)15(13,14)11-7(2)4-9/h5-7,11H,3-4H2,1-2H3.